The average Bonchev–Trinajstić information content (AvgIpc) is 2.45. The van der Waals surface area contributed by atoms with E-state index in [0.29, 0.717) is 25.5 Å². The van der Waals surface area contributed by atoms with Gasteiger partial charge >= 0.3 is 5.97 Å². The fraction of sp³-hybridized carbons (Fsp3) is 0.429. The zero-order chi connectivity index (χ0) is 15.0. The summed E-state index contributed by atoms with van der Waals surface area (Å²) in [5.41, 5.74) is 3.69. The smallest absolute Gasteiger partial charge is 0.375 e. The summed E-state index contributed by atoms with van der Waals surface area (Å²) in [6, 6.07) is 7.55. The number of carbonyl (C=O) groups excluding carboxylic acids is 1. The van der Waals surface area contributed by atoms with Gasteiger partial charge in [0.1, 0.15) is 0 Å². The van der Waals surface area contributed by atoms with Gasteiger partial charge in [0.2, 0.25) is 5.84 Å². The van der Waals surface area contributed by atoms with Crippen LogP contribution in [0.15, 0.2) is 33.8 Å². The summed E-state index contributed by atoms with van der Waals surface area (Å²) in [5, 5.41) is 4.19. The maximum Gasteiger partial charge on any atom is 0.375 e. The molecular weight excluding hydrogens is 322 g/mol. The molecule has 110 valence electrons. The Morgan fingerprint density at radius 3 is 2.35 bits per heavy atom. The normalized spacial score (nSPS) is 11.1. The van der Waals surface area contributed by atoms with Crippen LogP contribution >= 0.6 is 15.9 Å². The number of hydrazone groups is 1. The number of nitrogens with one attached hydrogen (secondary N) is 1. The second-order valence-electron chi connectivity index (χ2n) is 3.95. The highest BCUT2D eigenvalue weighted by molar-refractivity contribution is 9.10. The van der Waals surface area contributed by atoms with Gasteiger partial charge in [0, 0.05) is 17.6 Å². The van der Waals surface area contributed by atoms with E-state index >= 15 is 0 Å². The van der Waals surface area contributed by atoms with E-state index in [-0.39, 0.29) is 0 Å². The molecule has 6 heteroatoms. The number of hydrogen-bond donors (Lipinski definition) is 1. The van der Waals surface area contributed by atoms with Crippen molar-refractivity contribution >= 4 is 33.4 Å². The van der Waals surface area contributed by atoms with Gasteiger partial charge in [-0.15, -0.1) is 5.10 Å². The van der Waals surface area contributed by atoms with Crippen molar-refractivity contribution in [3.05, 3.63) is 28.7 Å². The van der Waals surface area contributed by atoms with Crippen molar-refractivity contribution < 1.29 is 9.53 Å². The molecule has 0 radical (unpaired) electrons. The third kappa shape index (κ3) is 4.85. The van der Waals surface area contributed by atoms with Gasteiger partial charge in [-0.2, -0.15) is 0 Å². The number of anilines is 1. The van der Waals surface area contributed by atoms with Crippen molar-refractivity contribution in [2.45, 2.75) is 20.8 Å². The van der Waals surface area contributed by atoms with Gasteiger partial charge in [0.15, 0.2) is 0 Å². The highest BCUT2D eigenvalue weighted by Crippen LogP contribution is 2.14. The van der Waals surface area contributed by atoms with Crippen molar-refractivity contribution in [3.8, 4) is 0 Å². The first-order valence-electron chi connectivity index (χ1n) is 6.63. The molecule has 0 unspecified atom stereocenters. The highest BCUT2D eigenvalue weighted by atomic mass is 79.9. The van der Waals surface area contributed by atoms with Crippen LogP contribution in [-0.2, 0) is 9.53 Å². The minimum Gasteiger partial charge on any atom is -0.460 e. The number of rotatable bonds is 5. The van der Waals surface area contributed by atoms with E-state index in [9.17, 15) is 4.79 Å². The van der Waals surface area contributed by atoms with E-state index in [0.717, 1.165) is 10.2 Å². The Kier molecular flexibility index (Phi) is 7.08. The Labute approximate surface area is 128 Å². The molecule has 0 aliphatic rings. The predicted molar refractivity (Wildman–Crippen MR) is 84.8 cm³/mol. The minimum absolute atomic E-state index is 0.291. The molecular formula is C14H20BrN3O2. The van der Waals surface area contributed by atoms with Crippen LogP contribution < -0.4 is 5.43 Å². The van der Waals surface area contributed by atoms with Crippen LogP contribution in [0.5, 0.6) is 0 Å². The summed E-state index contributed by atoms with van der Waals surface area (Å²) < 4.78 is 6.02. The minimum atomic E-state index is -0.416. The van der Waals surface area contributed by atoms with Crippen molar-refractivity contribution in [1.82, 2.24) is 4.90 Å². The van der Waals surface area contributed by atoms with E-state index in [1.165, 1.54) is 0 Å². The van der Waals surface area contributed by atoms with E-state index < -0.39 is 5.97 Å². The fourth-order valence-electron chi connectivity index (χ4n) is 1.61. The molecule has 20 heavy (non-hydrogen) atoms. The van der Waals surface area contributed by atoms with Gasteiger partial charge < -0.3 is 9.64 Å². The number of ether oxygens (including phenoxy) is 1. The van der Waals surface area contributed by atoms with Crippen molar-refractivity contribution in [1.29, 1.82) is 0 Å². The first kappa shape index (κ1) is 16.5. The fourth-order valence-corrected chi connectivity index (χ4v) is 1.87. The lowest BCUT2D eigenvalue weighted by Crippen LogP contribution is -2.38. The summed E-state index contributed by atoms with van der Waals surface area (Å²) in [6.45, 7) is 7.43. The molecule has 1 rings (SSSR count). The predicted octanol–water partition coefficient (Wildman–Crippen LogP) is 3.08. The molecule has 5 nitrogen and oxygen atoms in total. The number of benzene rings is 1. The van der Waals surface area contributed by atoms with Gasteiger partial charge in [-0.3, -0.25) is 5.43 Å². The molecule has 0 aliphatic heterocycles. The Morgan fingerprint density at radius 2 is 1.85 bits per heavy atom. The van der Waals surface area contributed by atoms with Gasteiger partial charge in [-0.05, 0) is 45.0 Å². The number of nitrogens with zero attached hydrogens (tertiary/aromatic N) is 2. The van der Waals surface area contributed by atoms with Crippen LogP contribution in [0.25, 0.3) is 0 Å². The summed E-state index contributed by atoms with van der Waals surface area (Å²) in [7, 11) is 0. The maximum atomic E-state index is 11.9. The van der Waals surface area contributed by atoms with Gasteiger partial charge in [0.05, 0.1) is 12.3 Å². The number of hydrogen-bond acceptors (Lipinski definition) is 4. The topological polar surface area (TPSA) is 53.9 Å². The Morgan fingerprint density at radius 1 is 1.25 bits per heavy atom. The largest absolute Gasteiger partial charge is 0.460 e. The zero-order valence-corrected chi connectivity index (χ0v) is 13.6. The lowest BCUT2D eigenvalue weighted by molar-refractivity contribution is -0.135. The standard InChI is InChI=1S/C14H20BrN3O2/c1-4-18(5-2)13(14(19)20-6-3)17-16-12-9-7-11(15)8-10-12/h7-10,16H,4-6H2,1-3H3/b17-13+. The Bertz CT molecular complexity index is 456. The molecule has 1 aromatic rings. The molecule has 0 amide bonds. The van der Waals surface area contributed by atoms with Gasteiger partial charge in [0.25, 0.3) is 0 Å². The van der Waals surface area contributed by atoms with E-state index in [2.05, 4.69) is 26.5 Å². The second-order valence-corrected chi connectivity index (χ2v) is 4.86. The van der Waals surface area contributed by atoms with E-state index in [1.807, 2.05) is 43.0 Å². The molecule has 0 saturated heterocycles. The molecule has 1 N–H and O–H groups in total. The second kappa shape index (κ2) is 8.58. The highest BCUT2D eigenvalue weighted by Gasteiger charge is 2.18. The number of halogens is 1. The van der Waals surface area contributed by atoms with Crippen molar-refractivity contribution in [2.75, 3.05) is 25.1 Å². The zero-order valence-electron chi connectivity index (χ0n) is 12.0. The van der Waals surface area contributed by atoms with Crippen LogP contribution in [0.3, 0.4) is 0 Å². The van der Waals surface area contributed by atoms with E-state index in [1.54, 1.807) is 6.92 Å². The van der Waals surface area contributed by atoms with Crippen LogP contribution in [0.4, 0.5) is 5.69 Å². The van der Waals surface area contributed by atoms with Crippen LogP contribution in [0, 0.1) is 0 Å². The maximum absolute atomic E-state index is 11.9. The average molecular weight is 342 g/mol. The number of likely N-dealkylation sites (N-methyl/N-ethyl adjacent to an activating group) is 1. The molecule has 0 aromatic heterocycles. The Hall–Kier alpha value is -1.56. The first-order valence-corrected chi connectivity index (χ1v) is 7.42. The van der Waals surface area contributed by atoms with Crippen LogP contribution in [-0.4, -0.2) is 36.4 Å². The van der Waals surface area contributed by atoms with Crippen molar-refractivity contribution in [2.24, 2.45) is 5.10 Å². The molecule has 0 atom stereocenters. The number of amidine groups is 1. The summed E-state index contributed by atoms with van der Waals surface area (Å²) in [5.74, 6) is -0.124. The lowest BCUT2D eigenvalue weighted by Gasteiger charge is -2.21. The number of carbonyl (C=O) groups is 1. The van der Waals surface area contributed by atoms with Gasteiger partial charge in [-0.1, -0.05) is 15.9 Å². The molecule has 0 bridgehead atoms. The molecule has 0 heterocycles. The monoisotopic (exact) mass is 341 g/mol. The van der Waals surface area contributed by atoms with Gasteiger partial charge in [-0.25, -0.2) is 4.79 Å². The van der Waals surface area contributed by atoms with E-state index in [4.69, 9.17) is 4.74 Å². The molecule has 0 saturated carbocycles. The molecule has 0 fully saturated rings. The summed E-state index contributed by atoms with van der Waals surface area (Å²) in [4.78, 5) is 13.8. The number of esters is 1. The SMILES string of the molecule is CCOC(=O)/C(=N\Nc1ccc(Br)cc1)N(CC)CC. The Balaban J connectivity index is 2.88. The third-order valence-electron chi connectivity index (χ3n) is 2.66. The summed E-state index contributed by atoms with van der Waals surface area (Å²) >= 11 is 3.37. The van der Waals surface area contributed by atoms with Crippen molar-refractivity contribution in [3.63, 3.8) is 0 Å². The van der Waals surface area contributed by atoms with Crippen LogP contribution in [0.1, 0.15) is 20.8 Å². The van der Waals surface area contributed by atoms with Crippen LogP contribution in [0.2, 0.25) is 0 Å². The summed E-state index contributed by atoms with van der Waals surface area (Å²) in [6.07, 6.45) is 0. The lowest BCUT2D eigenvalue weighted by atomic mass is 10.3. The first-order chi connectivity index (χ1) is 9.62. The quantitative estimate of drug-likeness (QED) is 0.387. The molecule has 1 aromatic carbocycles. The molecule has 0 aliphatic carbocycles. The molecule has 0 spiro atoms. The third-order valence-corrected chi connectivity index (χ3v) is 3.18.